The Kier molecular flexibility index (Phi) is 4.22. The van der Waals surface area contributed by atoms with Gasteiger partial charge in [-0.05, 0) is 33.9 Å². The average Bonchev–Trinajstić information content (AvgIpc) is 2.69. The van der Waals surface area contributed by atoms with Gasteiger partial charge < -0.3 is 10.2 Å². The largest absolute Gasteiger partial charge is 0.314 e. The summed E-state index contributed by atoms with van der Waals surface area (Å²) >= 11 is 0. The first-order valence-corrected chi connectivity index (χ1v) is 6.81. The molecule has 0 spiro atoms. The van der Waals surface area contributed by atoms with Crippen LogP contribution in [0.15, 0.2) is 0 Å². The van der Waals surface area contributed by atoms with E-state index in [4.69, 9.17) is 0 Å². The zero-order valence-electron chi connectivity index (χ0n) is 11.1. The van der Waals surface area contributed by atoms with Crippen LogP contribution in [0.2, 0.25) is 0 Å². The Morgan fingerprint density at radius 2 is 1.88 bits per heavy atom. The third kappa shape index (κ3) is 2.76. The molecule has 2 atom stereocenters. The molecule has 1 aliphatic heterocycles. The number of nitrogens with zero attached hydrogens (tertiary/aromatic N) is 2. The Morgan fingerprint density at radius 1 is 1.19 bits per heavy atom. The molecule has 94 valence electrons. The van der Waals surface area contributed by atoms with E-state index >= 15 is 0 Å². The standard InChI is InChI=1S/C13H27N3/c1-11-8-14-9-13(10-15(2)3)16(11)12-6-4-5-7-12/h11-14H,4-10H2,1-3H3. The maximum Gasteiger partial charge on any atom is 0.0353 e. The van der Waals surface area contributed by atoms with Crippen LogP contribution in [0.3, 0.4) is 0 Å². The van der Waals surface area contributed by atoms with Crippen molar-refractivity contribution in [1.82, 2.24) is 15.1 Å². The van der Waals surface area contributed by atoms with Crippen LogP contribution in [0.5, 0.6) is 0 Å². The summed E-state index contributed by atoms with van der Waals surface area (Å²) in [4.78, 5) is 5.13. The van der Waals surface area contributed by atoms with E-state index in [0.717, 1.165) is 6.04 Å². The van der Waals surface area contributed by atoms with Gasteiger partial charge in [-0.25, -0.2) is 0 Å². The minimum atomic E-state index is 0.710. The highest BCUT2D eigenvalue weighted by Gasteiger charge is 2.34. The fourth-order valence-corrected chi connectivity index (χ4v) is 3.47. The molecular weight excluding hydrogens is 198 g/mol. The third-order valence-corrected chi connectivity index (χ3v) is 4.07. The quantitative estimate of drug-likeness (QED) is 0.777. The first-order valence-electron chi connectivity index (χ1n) is 6.81. The summed E-state index contributed by atoms with van der Waals surface area (Å²) in [7, 11) is 4.37. The number of likely N-dealkylation sites (N-methyl/N-ethyl adjacent to an activating group) is 1. The fraction of sp³-hybridized carbons (Fsp3) is 1.00. The molecule has 1 heterocycles. The smallest absolute Gasteiger partial charge is 0.0353 e. The lowest BCUT2D eigenvalue weighted by atomic mass is 10.0. The van der Waals surface area contributed by atoms with Crippen molar-refractivity contribution < 1.29 is 0 Å². The van der Waals surface area contributed by atoms with Crippen molar-refractivity contribution in [3.63, 3.8) is 0 Å². The maximum atomic E-state index is 3.58. The van der Waals surface area contributed by atoms with Crippen molar-refractivity contribution in [1.29, 1.82) is 0 Å². The molecule has 0 aromatic heterocycles. The lowest BCUT2D eigenvalue weighted by molar-refractivity contribution is 0.0463. The molecule has 3 heteroatoms. The fourth-order valence-electron chi connectivity index (χ4n) is 3.47. The van der Waals surface area contributed by atoms with E-state index in [0.29, 0.717) is 12.1 Å². The maximum absolute atomic E-state index is 3.58. The Balaban J connectivity index is 2.01. The van der Waals surface area contributed by atoms with Crippen molar-refractivity contribution in [3.05, 3.63) is 0 Å². The molecular formula is C13H27N3. The van der Waals surface area contributed by atoms with Gasteiger partial charge >= 0.3 is 0 Å². The molecule has 1 aliphatic carbocycles. The van der Waals surface area contributed by atoms with Crippen LogP contribution in [0.25, 0.3) is 0 Å². The number of nitrogens with one attached hydrogen (secondary N) is 1. The van der Waals surface area contributed by atoms with E-state index in [9.17, 15) is 0 Å². The van der Waals surface area contributed by atoms with E-state index in [1.807, 2.05) is 0 Å². The lowest BCUT2D eigenvalue weighted by Crippen LogP contribution is -2.61. The number of rotatable bonds is 3. The van der Waals surface area contributed by atoms with Gasteiger partial charge in [-0.15, -0.1) is 0 Å². The van der Waals surface area contributed by atoms with Crippen LogP contribution in [0.4, 0.5) is 0 Å². The van der Waals surface area contributed by atoms with Crippen LogP contribution < -0.4 is 5.32 Å². The lowest BCUT2D eigenvalue weighted by Gasteiger charge is -2.45. The molecule has 0 bridgehead atoms. The van der Waals surface area contributed by atoms with Crippen molar-refractivity contribution in [2.75, 3.05) is 33.7 Å². The minimum absolute atomic E-state index is 0.710. The monoisotopic (exact) mass is 225 g/mol. The van der Waals surface area contributed by atoms with Crippen LogP contribution in [-0.2, 0) is 0 Å². The molecule has 0 aromatic rings. The topological polar surface area (TPSA) is 18.5 Å². The van der Waals surface area contributed by atoms with E-state index < -0.39 is 0 Å². The molecule has 0 aromatic carbocycles. The van der Waals surface area contributed by atoms with E-state index in [2.05, 4.69) is 36.1 Å². The van der Waals surface area contributed by atoms with Crippen LogP contribution in [-0.4, -0.2) is 61.7 Å². The predicted octanol–water partition coefficient (Wildman–Crippen LogP) is 1.15. The highest BCUT2D eigenvalue weighted by Crippen LogP contribution is 2.28. The van der Waals surface area contributed by atoms with Gasteiger partial charge in [-0.1, -0.05) is 12.8 Å². The summed E-state index contributed by atoms with van der Waals surface area (Å²) in [5.41, 5.74) is 0. The molecule has 16 heavy (non-hydrogen) atoms. The molecule has 0 radical (unpaired) electrons. The highest BCUT2D eigenvalue weighted by molar-refractivity contribution is 4.92. The second kappa shape index (κ2) is 5.48. The summed E-state index contributed by atoms with van der Waals surface area (Å²) < 4.78 is 0. The summed E-state index contributed by atoms with van der Waals surface area (Å²) in [5, 5.41) is 3.58. The summed E-state index contributed by atoms with van der Waals surface area (Å²) in [5.74, 6) is 0. The predicted molar refractivity (Wildman–Crippen MR) is 68.8 cm³/mol. The second-order valence-electron chi connectivity index (χ2n) is 5.81. The van der Waals surface area contributed by atoms with Crippen LogP contribution in [0.1, 0.15) is 32.6 Å². The Bertz CT molecular complexity index is 211. The number of hydrogen-bond acceptors (Lipinski definition) is 3. The highest BCUT2D eigenvalue weighted by atomic mass is 15.3. The Morgan fingerprint density at radius 3 is 2.50 bits per heavy atom. The Hall–Kier alpha value is -0.120. The SMILES string of the molecule is CC1CNCC(CN(C)C)N1C1CCCC1. The van der Waals surface area contributed by atoms with E-state index in [-0.39, 0.29) is 0 Å². The first-order chi connectivity index (χ1) is 7.68. The number of piperazine rings is 1. The molecule has 1 N–H and O–H groups in total. The molecule has 2 fully saturated rings. The summed E-state index contributed by atoms with van der Waals surface area (Å²) in [6.45, 7) is 5.90. The van der Waals surface area contributed by atoms with E-state index in [1.165, 1.54) is 45.3 Å². The van der Waals surface area contributed by atoms with Crippen molar-refractivity contribution >= 4 is 0 Å². The molecule has 3 nitrogen and oxygen atoms in total. The summed E-state index contributed by atoms with van der Waals surface area (Å²) in [6.07, 6.45) is 5.73. The normalized spacial score (nSPS) is 33.8. The molecule has 2 rings (SSSR count). The zero-order chi connectivity index (χ0) is 11.5. The van der Waals surface area contributed by atoms with Gasteiger partial charge in [0.1, 0.15) is 0 Å². The van der Waals surface area contributed by atoms with Crippen molar-refractivity contribution in [3.8, 4) is 0 Å². The van der Waals surface area contributed by atoms with Gasteiger partial charge in [-0.3, -0.25) is 4.90 Å². The first kappa shape index (κ1) is 12.3. The van der Waals surface area contributed by atoms with E-state index in [1.54, 1.807) is 0 Å². The zero-order valence-corrected chi connectivity index (χ0v) is 11.1. The number of hydrogen-bond donors (Lipinski definition) is 1. The van der Waals surface area contributed by atoms with Gasteiger partial charge in [0.15, 0.2) is 0 Å². The van der Waals surface area contributed by atoms with Crippen LogP contribution >= 0.6 is 0 Å². The molecule has 1 saturated heterocycles. The molecule has 2 unspecified atom stereocenters. The van der Waals surface area contributed by atoms with Gasteiger partial charge in [0.05, 0.1) is 0 Å². The minimum Gasteiger partial charge on any atom is -0.314 e. The molecule has 1 saturated carbocycles. The van der Waals surface area contributed by atoms with Gasteiger partial charge in [-0.2, -0.15) is 0 Å². The third-order valence-electron chi connectivity index (χ3n) is 4.07. The van der Waals surface area contributed by atoms with Gasteiger partial charge in [0, 0.05) is 37.8 Å². The average molecular weight is 225 g/mol. The summed E-state index contributed by atoms with van der Waals surface area (Å²) in [6, 6.07) is 2.28. The molecule has 2 aliphatic rings. The Labute approximate surface area is 100 Å². The van der Waals surface area contributed by atoms with Crippen molar-refractivity contribution in [2.45, 2.75) is 50.7 Å². The van der Waals surface area contributed by atoms with Crippen molar-refractivity contribution in [2.24, 2.45) is 0 Å². The van der Waals surface area contributed by atoms with Gasteiger partial charge in [0.2, 0.25) is 0 Å². The molecule has 0 amide bonds. The van der Waals surface area contributed by atoms with Crippen LogP contribution in [0, 0.1) is 0 Å². The van der Waals surface area contributed by atoms with Gasteiger partial charge in [0.25, 0.3) is 0 Å². The second-order valence-corrected chi connectivity index (χ2v) is 5.81.